The molecule has 0 aliphatic heterocycles. The minimum Gasteiger partial charge on any atom is -0.440 e. The number of allylic oxidation sites excluding steroid dienone is 2. The van der Waals surface area contributed by atoms with Crippen molar-refractivity contribution in [1.29, 1.82) is 0 Å². The van der Waals surface area contributed by atoms with Gasteiger partial charge in [-0.25, -0.2) is 4.98 Å². The number of aromatic nitrogens is 1. The van der Waals surface area contributed by atoms with Crippen LogP contribution in [0.2, 0.25) is 0 Å². The van der Waals surface area contributed by atoms with E-state index in [1.165, 1.54) is 0 Å². The van der Waals surface area contributed by atoms with Gasteiger partial charge in [-0.05, 0) is 37.0 Å². The number of fused-ring (bicyclic) bond motifs is 1. The third-order valence-corrected chi connectivity index (χ3v) is 3.74. The number of nitrogens with zero attached hydrogens (tertiary/aromatic N) is 1. The summed E-state index contributed by atoms with van der Waals surface area (Å²) in [6, 6.07) is 5.59. The van der Waals surface area contributed by atoms with Crippen molar-refractivity contribution in [2.45, 2.75) is 39.0 Å². The fourth-order valence-electron chi connectivity index (χ4n) is 2.59. The molecule has 4 heteroatoms. The number of benzene rings is 1. The molecular weight excluding hydrogens is 264 g/mol. The molecule has 1 aromatic heterocycles. The van der Waals surface area contributed by atoms with E-state index in [2.05, 4.69) is 22.5 Å². The van der Waals surface area contributed by atoms with Crippen LogP contribution in [0.15, 0.2) is 34.8 Å². The number of rotatable bonds is 4. The molecule has 110 valence electrons. The van der Waals surface area contributed by atoms with E-state index in [-0.39, 0.29) is 11.8 Å². The second-order valence-corrected chi connectivity index (χ2v) is 5.91. The van der Waals surface area contributed by atoms with E-state index in [0.29, 0.717) is 12.3 Å². The van der Waals surface area contributed by atoms with E-state index in [0.717, 1.165) is 35.5 Å². The summed E-state index contributed by atoms with van der Waals surface area (Å²) in [6.45, 7) is 4.09. The van der Waals surface area contributed by atoms with Crippen LogP contribution in [0.1, 0.15) is 44.9 Å². The molecule has 0 saturated carbocycles. The Morgan fingerprint density at radius 2 is 2.33 bits per heavy atom. The Kier molecular flexibility index (Phi) is 3.78. The summed E-state index contributed by atoms with van der Waals surface area (Å²) in [5, 5.41) is 2.94. The van der Waals surface area contributed by atoms with Crippen LogP contribution in [-0.2, 0) is 4.79 Å². The second-order valence-electron chi connectivity index (χ2n) is 5.91. The maximum absolute atomic E-state index is 12.0. The fourth-order valence-corrected chi connectivity index (χ4v) is 2.59. The zero-order valence-corrected chi connectivity index (χ0v) is 12.4. The molecule has 2 aromatic rings. The molecule has 1 aliphatic rings. The third-order valence-electron chi connectivity index (χ3n) is 3.74. The van der Waals surface area contributed by atoms with Gasteiger partial charge in [0.05, 0.1) is 0 Å². The van der Waals surface area contributed by atoms with Gasteiger partial charge in [0.2, 0.25) is 5.91 Å². The maximum Gasteiger partial charge on any atom is 0.224 e. The molecule has 1 N–H and O–H groups in total. The van der Waals surface area contributed by atoms with Crippen molar-refractivity contribution in [3.8, 4) is 0 Å². The third kappa shape index (κ3) is 3.15. The smallest absolute Gasteiger partial charge is 0.224 e. The molecule has 0 spiro atoms. The predicted octanol–water partition coefficient (Wildman–Crippen LogP) is 4.25. The highest BCUT2D eigenvalue weighted by Crippen LogP contribution is 2.25. The number of oxazole rings is 1. The zero-order valence-electron chi connectivity index (χ0n) is 12.4. The van der Waals surface area contributed by atoms with Crippen LogP contribution in [0.3, 0.4) is 0 Å². The van der Waals surface area contributed by atoms with E-state index in [4.69, 9.17) is 4.42 Å². The summed E-state index contributed by atoms with van der Waals surface area (Å²) in [5.74, 6) is 1.42. The molecule has 4 nitrogen and oxygen atoms in total. The Morgan fingerprint density at radius 1 is 1.48 bits per heavy atom. The van der Waals surface area contributed by atoms with Gasteiger partial charge in [-0.1, -0.05) is 26.0 Å². The topological polar surface area (TPSA) is 55.1 Å². The molecule has 1 heterocycles. The lowest BCUT2D eigenvalue weighted by Crippen LogP contribution is -2.14. The van der Waals surface area contributed by atoms with E-state index in [9.17, 15) is 4.79 Å². The first-order valence-corrected chi connectivity index (χ1v) is 7.49. The monoisotopic (exact) mass is 284 g/mol. The fraction of sp³-hybridized carbons (Fsp3) is 0.412. The average Bonchev–Trinajstić information content (AvgIpc) is 3.06. The lowest BCUT2D eigenvalue weighted by atomic mass is 10.1. The van der Waals surface area contributed by atoms with Crippen molar-refractivity contribution in [2.24, 2.45) is 5.92 Å². The summed E-state index contributed by atoms with van der Waals surface area (Å²) in [7, 11) is 0. The minimum atomic E-state index is 0.0541. The van der Waals surface area contributed by atoms with Crippen LogP contribution >= 0.6 is 0 Å². The largest absolute Gasteiger partial charge is 0.440 e. The van der Waals surface area contributed by atoms with Gasteiger partial charge < -0.3 is 9.73 Å². The Morgan fingerprint density at radius 3 is 3.05 bits per heavy atom. The molecule has 1 atom stereocenters. The first-order valence-electron chi connectivity index (χ1n) is 7.49. The van der Waals surface area contributed by atoms with Crippen molar-refractivity contribution < 1.29 is 9.21 Å². The van der Waals surface area contributed by atoms with E-state index in [1.54, 1.807) is 0 Å². The van der Waals surface area contributed by atoms with Crippen molar-refractivity contribution >= 4 is 22.7 Å². The molecule has 0 fully saturated rings. The molecule has 1 aliphatic carbocycles. The van der Waals surface area contributed by atoms with Gasteiger partial charge in [0, 0.05) is 18.0 Å². The zero-order chi connectivity index (χ0) is 14.8. The molecule has 0 bridgehead atoms. The second kappa shape index (κ2) is 5.72. The van der Waals surface area contributed by atoms with Crippen LogP contribution in [0.4, 0.5) is 5.69 Å². The lowest BCUT2D eigenvalue weighted by molar-refractivity contribution is -0.116. The first-order chi connectivity index (χ1) is 10.1. The Labute approximate surface area is 124 Å². The van der Waals surface area contributed by atoms with Crippen LogP contribution in [0.5, 0.6) is 0 Å². The Balaban J connectivity index is 1.71. The molecule has 0 saturated heterocycles. The van der Waals surface area contributed by atoms with Gasteiger partial charge in [0.15, 0.2) is 11.5 Å². The van der Waals surface area contributed by atoms with Crippen LogP contribution in [0.25, 0.3) is 11.1 Å². The number of carbonyl (C=O) groups excluding carboxylic acids is 1. The summed E-state index contributed by atoms with van der Waals surface area (Å²) >= 11 is 0. The molecule has 21 heavy (non-hydrogen) atoms. The summed E-state index contributed by atoms with van der Waals surface area (Å²) in [4.78, 5) is 16.5. The number of anilines is 1. The number of hydrogen-bond donors (Lipinski definition) is 1. The van der Waals surface area contributed by atoms with Crippen LogP contribution < -0.4 is 5.32 Å². The van der Waals surface area contributed by atoms with Crippen LogP contribution in [-0.4, -0.2) is 10.9 Å². The van der Waals surface area contributed by atoms with Gasteiger partial charge in [-0.2, -0.15) is 0 Å². The van der Waals surface area contributed by atoms with Gasteiger partial charge in [-0.15, -0.1) is 0 Å². The number of amides is 1. The standard InChI is InChI=1S/C17H20N2O2/c1-11(2)17-19-14-10-13(7-8-15(14)21-17)18-16(20)9-12-5-3-4-6-12/h3,5,7-8,10-12H,4,6,9H2,1-2H3,(H,18,20)/t12-/m0/s1. The molecule has 1 amide bonds. The van der Waals surface area contributed by atoms with Crippen molar-refractivity contribution in [1.82, 2.24) is 4.98 Å². The first kappa shape index (κ1) is 13.9. The van der Waals surface area contributed by atoms with E-state index in [1.807, 2.05) is 32.0 Å². The molecule has 0 radical (unpaired) electrons. The SMILES string of the molecule is CC(C)c1nc2cc(NC(=O)C[C@H]3C=CCC3)ccc2o1. The maximum atomic E-state index is 12.0. The predicted molar refractivity (Wildman–Crippen MR) is 83.2 cm³/mol. The van der Waals surface area contributed by atoms with E-state index < -0.39 is 0 Å². The molecular formula is C17H20N2O2. The van der Waals surface area contributed by atoms with E-state index >= 15 is 0 Å². The Bertz CT molecular complexity index is 685. The highest BCUT2D eigenvalue weighted by atomic mass is 16.3. The van der Waals surface area contributed by atoms with Crippen LogP contribution in [0, 0.1) is 5.92 Å². The van der Waals surface area contributed by atoms with Gasteiger partial charge in [-0.3, -0.25) is 4.79 Å². The lowest BCUT2D eigenvalue weighted by Gasteiger charge is -2.08. The average molecular weight is 284 g/mol. The molecule has 3 rings (SSSR count). The van der Waals surface area contributed by atoms with Gasteiger partial charge >= 0.3 is 0 Å². The highest BCUT2D eigenvalue weighted by molar-refractivity contribution is 5.93. The normalized spacial score (nSPS) is 17.8. The summed E-state index contributed by atoms with van der Waals surface area (Å²) in [6.07, 6.45) is 6.99. The summed E-state index contributed by atoms with van der Waals surface area (Å²) in [5.41, 5.74) is 2.32. The van der Waals surface area contributed by atoms with Crippen molar-refractivity contribution in [3.63, 3.8) is 0 Å². The summed E-state index contributed by atoms with van der Waals surface area (Å²) < 4.78 is 5.66. The van der Waals surface area contributed by atoms with Gasteiger partial charge in [0.25, 0.3) is 0 Å². The highest BCUT2D eigenvalue weighted by Gasteiger charge is 2.15. The number of carbonyl (C=O) groups is 1. The van der Waals surface area contributed by atoms with Gasteiger partial charge in [0.1, 0.15) is 5.52 Å². The number of nitrogens with one attached hydrogen (secondary N) is 1. The molecule has 0 unspecified atom stereocenters. The quantitative estimate of drug-likeness (QED) is 0.854. The minimum absolute atomic E-state index is 0.0541. The number of hydrogen-bond acceptors (Lipinski definition) is 3. The van der Waals surface area contributed by atoms with Crippen molar-refractivity contribution in [2.75, 3.05) is 5.32 Å². The molecule has 1 aromatic carbocycles. The Hall–Kier alpha value is -2.10. The van der Waals surface area contributed by atoms with Crippen molar-refractivity contribution in [3.05, 3.63) is 36.2 Å².